The van der Waals surface area contributed by atoms with Crippen molar-refractivity contribution < 1.29 is 0 Å². The summed E-state index contributed by atoms with van der Waals surface area (Å²) in [6.45, 7) is 2.75. The smallest absolute Gasteiger partial charge is 0.0837 e. The van der Waals surface area contributed by atoms with Crippen molar-refractivity contribution >= 4 is 15.9 Å². The van der Waals surface area contributed by atoms with E-state index in [4.69, 9.17) is 0 Å². The van der Waals surface area contributed by atoms with Crippen LogP contribution in [0.3, 0.4) is 0 Å². The van der Waals surface area contributed by atoms with Gasteiger partial charge in [-0.1, -0.05) is 64.5 Å². The largest absolute Gasteiger partial charge is 0.309 e. The summed E-state index contributed by atoms with van der Waals surface area (Å²) in [6, 6.07) is 20.6. The molecule has 1 unspecified atom stereocenters. The van der Waals surface area contributed by atoms with Crippen LogP contribution >= 0.6 is 15.9 Å². The highest BCUT2D eigenvalue weighted by atomic mass is 79.9. The van der Waals surface area contributed by atoms with Crippen LogP contribution in [0.25, 0.3) is 0 Å². The minimum Gasteiger partial charge on any atom is -0.309 e. The van der Waals surface area contributed by atoms with E-state index in [2.05, 4.69) is 40.3 Å². The third-order valence-electron chi connectivity index (χ3n) is 3.36. The van der Waals surface area contributed by atoms with Gasteiger partial charge in [-0.3, -0.25) is 0 Å². The van der Waals surface area contributed by atoms with Gasteiger partial charge in [-0.05, 0) is 24.1 Å². The van der Waals surface area contributed by atoms with Crippen LogP contribution in [0.4, 0.5) is 0 Å². The van der Waals surface area contributed by atoms with E-state index in [1.165, 1.54) is 5.56 Å². The molecule has 0 amide bonds. The Morgan fingerprint density at radius 3 is 2.40 bits per heavy atom. The van der Waals surface area contributed by atoms with Crippen molar-refractivity contribution in [1.29, 1.82) is 5.26 Å². The van der Waals surface area contributed by atoms with Crippen LogP contribution < -0.4 is 5.32 Å². The Morgan fingerprint density at radius 2 is 1.75 bits per heavy atom. The molecular weight excluding hydrogens is 312 g/mol. The molecule has 0 saturated carbocycles. The Morgan fingerprint density at radius 1 is 1.10 bits per heavy atom. The molecule has 2 aromatic carbocycles. The molecule has 0 fully saturated rings. The molecule has 0 radical (unpaired) electrons. The fraction of sp³-hybridized carbons (Fsp3) is 0.235. The van der Waals surface area contributed by atoms with Crippen molar-refractivity contribution in [1.82, 2.24) is 5.32 Å². The number of nitrogens with zero attached hydrogens (tertiary/aromatic N) is 1. The van der Waals surface area contributed by atoms with Gasteiger partial charge in [0, 0.05) is 17.1 Å². The number of hydrogen-bond acceptors (Lipinski definition) is 2. The lowest BCUT2D eigenvalue weighted by molar-refractivity contribution is 0.556. The quantitative estimate of drug-likeness (QED) is 0.882. The molecule has 1 N–H and O–H groups in total. The Kier molecular flexibility index (Phi) is 5.34. The number of nitrogens with one attached hydrogen (secondary N) is 1. The summed E-state index contributed by atoms with van der Waals surface area (Å²) in [5.41, 5.74) is 2.26. The maximum absolute atomic E-state index is 9.32. The van der Waals surface area contributed by atoms with Crippen molar-refractivity contribution in [2.75, 3.05) is 6.54 Å². The molecule has 20 heavy (non-hydrogen) atoms. The van der Waals surface area contributed by atoms with E-state index in [-0.39, 0.29) is 12.0 Å². The van der Waals surface area contributed by atoms with Gasteiger partial charge < -0.3 is 5.32 Å². The van der Waals surface area contributed by atoms with Crippen molar-refractivity contribution in [3.8, 4) is 6.07 Å². The molecule has 0 aliphatic carbocycles. The first-order valence-corrected chi connectivity index (χ1v) is 7.44. The molecule has 0 heterocycles. The van der Waals surface area contributed by atoms with Crippen LogP contribution in [0.2, 0.25) is 0 Å². The van der Waals surface area contributed by atoms with Gasteiger partial charge in [0.25, 0.3) is 0 Å². The zero-order valence-corrected chi connectivity index (χ0v) is 13.0. The molecule has 2 atom stereocenters. The fourth-order valence-electron chi connectivity index (χ4n) is 2.15. The van der Waals surface area contributed by atoms with Crippen molar-refractivity contribution in [3.63, 3.8) is 0 Å². The summed E-state index contributed by atoms with van der Waals surface area (Å²) in [5, 5.41) is 12.8. The molecule has 102 valence electrons. The molecule has 0 aliphatic rings. The molecule has 3 heteroatoms. The summed E-state index contributed by atoms with van der Waals surface area (Å²) in [5.74, 6) is -0.124. The second-order valence-corrected chi connectivity index (χ2v) is 5.60. The summed E-state index contributed by atoms with van der Waals surface area (Å²) in [4.78, 5) is 0. The third-order valence-corrected chi connectivity index (χ3v) is 4.08. The molecule has 0 spiro atoms. The highest BCUT2D eigenvalue weighted by molar-refractivity contribution is 9.10. The average Bonchev–Trinajstić information content (AvgIpc) is 2.49. The van der Waals surface area contributed by atoms with E-state index < -0.39 is 0 Å². The van der Waals surface area contributed by atoms with Gasteiger partial charge in [0.2, 0.25) is 0 Å². The number of benzene rings is 2. The van der Waals surface area contributed by atoms with Gasteiger partial charge in [-0.2, -0.15) is 5.26 Å². The first-order valence-electron chi connectivity index (χ1n) is 6.64. The van der Waals surface area contributed by atoms with E-state index in [1.54, 1.807) is 0 Å². The van der Waals surface area contributed by atoms with Crippen molar-refractivity contribution in [3.05, 3.63) is 70.2 Å². The lowest BCUT2D eigenvalue weighted by Crippen LogP contribution is -2.24. The molecular formula is C17H17BrN2. The zero-order valence-electron chi connectivity index (χ0n) is 11.4. The van der Waals surface area contributed by atoms with Gasteiger partial charge in [-0.15, -0.1) is 0 Å². The van der Waals surface area contributed by atoms with Crippen LogP contribution in [-0.4, -0.2) is 6.54 Å². The van der Waals surface area contributed by atoms with Gasteiger partial charge >= 0.3 is 0 Å². The van der Waals surface area contributed by atoms with Gasteiger partial charge in [0.1, 0.15) is 0 Å². The Hall–Kier alpha value is -1.63. The molecule has 2 aromatic rings. The highest BCUT2D eigenvalue weighted by Gasteiger charge is 2.13. The molecule has 2 nitrogen and oxygen atoms in total. The number of halogens is 1. The Balaban J connectivity index is 2.01. The summed E-state index contributed by atoms with van der Waals surface area (Å²) >= 11 is 3.56. The summed E-state index contributed by atoms with van der Waals surface area (Å²) in [6.07, 6.45) is 0. The minimum absolute atomic E-state index is 0.124. The standard InChI is InChI=1S/C17H17BrN2/c1-13(16-9-5-6-10-17(16)18)20-12-15(11-19)14-7-3-2-4-8-14/h2-10,13,15,20H,12H2,1H3/t13-,15?/m0/s1. The maximum Gasteiger partial charge on any atom is 0.0837 e. The van der Waals surface area contributed by atoms with Crippen LogP contribution in [0, 0.1) is 11.3 Å². The Bertz CT molecular complexity index is 589. The van der Waals surface area contributed by atoms with E-state index in [0.717, 1.165) is 10.0 Å². The number of hydrogen-bond donors (Lipinski definition) is 1. The van der Waals surface area contributed by atoms with Gasteiger partial charge in [0.15, 0.2) is 0 Å². The summed E-state index contributed by atoms with van der Waals surface area (Å²) < 4.78 is 1.09. The Labute approximate surface area is 128 Å². The monoisotopic (exact) mass is 328 g/mol. The fourth-order valence-corrected chi connectivity index (χ4v) is 2.78. The van der Waals surface area contributed by atoms with Crippen molar-refractivity contribution in [2.45, 2.75) is 18.9 Å². The SMILES string of the molecule is C[C@H](NCC(C#N)c1ccccc1)c1ccccc1Br. The second kappa shape index (κ2) is 7.23. The minimum atomic E-state index is -0.124. The molecule has 0 saturated heterocycles. The number of rotatable bonds is 5. The normalized spacial score (nSPS) is 13.4. The lowest BCUT2D eigenvalue weighted by Gasteiger charge is -2.18. The maximum atomic E-state index is 9.32. The van der Waals surface area contributed by atoms with Crippen LogP contribution in [0.1, 0.15) is 30.0 Å². The van der Waals surface area contributed by atoms with Gasteiger partial charge in [-0.25, -0.2) is 0 Å². The van der Waals surface area contributed by atoms with E-state index in [9.17, 15) is 5.26 Å². The summed E-state index contributed by atoms with van der Waals surface area (Å²) in [7, 11) is 0. The predicted molar refractivity (Wildman–Crippen MR) is 85.4 cm³/mol. The topological polar surface area (TPSA) is 35.8 Å². The average molecular weight is 329 g/mol. The lowest BCUT2D eigenvalue weighted by atomic mass is 10.00. The second-order valence-electron chi connectivity index (χ2n) is 4.74. The predicted octanol–water partition coefficient (Wildman–Crippen LogP) is 4.41. The first kappa shape index (κ1) is 14.8. The number of nitriles is 1. The van der Waals surface area contributed by atoms with Gasteiger partial charge in [0.05, 0.1) is 12.0 Å². The zero-order chi connectivity index (χ0) is 14.4. The van der Waals surface area contributed by atoms with E-state index in [0.29, 0.717) is 6.54 Å². The molecule has 0 aromatic heterocycles. The third kappa shape index (κ3) is 3.69. The van der Waals surface area contributed by atoms with Crippen LogP contribution in [0.5, 0.6) is 0 Å². The van der Waals surface area contributed by atoms with E-state index in [1.807, 2.05) is 48.5 Å². The van der Waals surface area contributed by atoms with Crippen molar-refractivity contribution in [2.24, 2.45) is 0 Å². The van der Waals surface area contributed by atoms with Crippen LogP contribution in [0.15, 0.2) is 59.1 Å². The highest BCUT2D eigenvalue weighted by Crippen LogP contribution is 2.23. The molecule has 0 bridgehead atoms. The molecule has 0 aliphatic heterocycles. The first-order chi connectivity index (χ1) is 9.72. The molecule has 2 rings (SSSR count). The van der Waals surface area contributed by atoms with Crippen LogP contribution in [-0.2, 0) is 0 Å². The van der Waals surface area contributed by atoms with E-state index >= 15 is 0 Å².